The van der Waals surface area contributed by atoms with Gasteiger partial charge in [-0.05, 0) is 6.92 Å². The fourth-order valence-corrected chi connectivity index (χ4v) is 2.36. The van der Waals surface area contributed by atoms with E-state index in [1.54, 1.807) is 6.92 Å². The number of piperazine rings is 1. The van der Waals surface area contributed by atoms with Crippen molar-refractivity contribution in [2.75, 3.05) is 32.8 Å². The van der Waals surface area contributed by atoms with Crippen LogP contribution in [0.1, 0.15) is 17.3 Å². The van der Waals surface area contributed by atoms with Gasteiger partial charge in [0.1, 0.15) is 0 Å². The lowest BCUT2D eigenvalue weighted by atomic mass is 10.1. The summed E-state index contributed by atoms with van der Waals surface area (Å²) in [6.45, 7) is 1.99. The van der Waals surface area contributed by atoms with E-state index < -0.39 is 45.6 Å². The molecule has 2 rings (SSSR count). The van der Waals surface area contributed by atoms with Gasteiger partial charge in [-0.1, -0.05) is 0 Å². The molecule has 1 aromatic carbocycles. The molecule has 0 N–H and O–H groups in total. The number of nitro groups is 1. The van der Waals surface area contributed by atoms with Crippen LogP contribution in [0.25, 0.3) is 0 Å². The number of amides is 2. The molecule has 0 aromatic heterocycles. The van der Waals surface area contributed by atoms with Crippen molar-refractivity contribution in [2.45, 2.75) is 6.92 Å². The Morgan fingerprint density at radius 3 is 2.20 bits per heavy atom. The van der Waals surface area contributed by atoms with Crippen molar-refractivity contribution in [3.63, 3.8) is 0 Å². The number of benzene rings is 1. The van der Waals surface area contributed by atoms with Gasteiger partial charge in [0.2, 0.25) is 11.6 Å². The van der Waals surface area contributed by atoms with E-state index in [9.17, 15) is 32.9 Å². The fraction of sp³-hybridized carbons (Fsp3) is 0.429. The highest BCUT2D eigenvalue weighted by Crippen LogP contribution is 2.26. The van der Waals surface area contributed by atoms with Crippen molar-refractivity contribution in [1.82, 2.24) is 9.80 Å². The van der Waals surface area contributed by atoms with Crippen LogP contribution in [-0.2, 0) is 4.74 Å². The number of carbonyl (C=O) groups excluding carboxylic acids is 2. The molecule has 8 nitrogen and oxygen atoms in total. The molecule has 0 spiro atoms. The van der Waals surface area contributed by atoms with Crippen LogP contribution < -0.4 is 0 Å². The second-order valence-electron chi connectivity index (χ2n) is 5.12. The van der Waals surface area contributed by atoms with Gasteiger partial charge in [-0.3, -0.25) is 14.9 Å². The van der Waals surface area contributed by atoms with E-state index in [4.69, 9.17) is 4.74 Å². The first-order valence-corrected chi connectivity index (χ1v) is 7.30. The number of nitrogens with zero attached hydrogens (tertiary/aromatic N) is 3. The van der Waals surface area contributed by atoms with Crippen LogP contribution in [0.5, 0.6) is 0 Å². The molecular formula is C14H14F3N3O5. The molecule has 0 radical (unpaired) electrons. The van der Waals surface area contributed by atoms with Crippen LogP contribution in [0.4, 0.5) is 23.7 Å². The summed E-state index contributed by atoms with van der Waals surface area (Å²) in [6, 6.07) is 0.369. The quantitative estimate of drug-likeness (QED) is 0.466. The lowest BCUT2D eigenvalue weighted by Crippen LogP contribution is -2.50. The van der Waals surface area contributed by atoms with Crippen LogP contribution in [0.3, 0.4) is 0 Å². The maximum atomic E-state index is 13.8. The summed E-state index contributed by atoms with van der Waals surface area (Å²) in [4.78, 5) is 35.8. The van der Waals surface area contributed by atoms with E-state index in [2.05, 4.69) is 0 Å². The number of rotatable bonds is 3. The number of halogens is 3. The van der Waals surface area contributed by atoms with E-state index in [1.807, 2.05) is 0 Å². The summed E-state index contributed by atoms with van der Waals surface area (Å²) in [5.41, 5.74) is -2.26. The molecule has 1 heterocycles. The highest BCUT2D eigenvalue weighted by atomic mass is 19.2. The van der Waals surface area contributed by atoms with Crippen LogP contribution in [0, 0.1) is 27.6 Å². The van der Waals surface area contributed by atoms with Gasteiger partial charge in [-0.25, -0.2) is 13.6 Å². The molecule has 11 heteroatoms. The molecule has 0 saturated carbocycles. The van der Waals surface area contributed by atoms with E-state index in [-0.39, 0.29) is 32.8 Å². The minimum atomic E-state index is -2.08. The largest absolute Gasteiger partial charge is 0.450 e. The maximum absolute atomic E-state index is 13.8. The van der Waals surface area contributed by atoms with E-state index in [1.165, 1.54) is 4.90 Å². The molecule has 2 amide bonds. The highest BCUT2D eigenvalue weighted by Gasteiger charge is 2.32. The summed E-state index contributed by atoms with van der Waals surface area (Å²) in [5, 5.41) is 10.7. The van der Waals surface area contributed by atoms with Crippen molar-refractivity contribution >= 4 is 17.7 Å². The van der Waals surface area contributed by atoms with Gasteiger partial charge in [0.25, 0.3) is 5.91 Å². The number of ether oxygens (including phenoxy) is 1. The van der Waals surface area contributed by atoms with Gasteiger partial charge < -0.3 is 14.5 Å². The Hall–Kier alpha value is -2.85. The van der Waals surface area contributed by atoms with E-state index >= 15 is 0 Å². The Kier molecular flexibility index (Phi) is 5.45. The Bertz CT molecular complexity index is 720. The molecule has 1 aliphatic heterocycles. The van der Waals surface area contributed by atoms with Gasteiger partial charge in [0.05, 0.1) is 17.1 Å². The van der Waals surface area contributed by atoms with Crippen molar-refractivity contribution in [3.05, 3.63) is 39.2 Å². The Labute approximate surface area is 139 Å². The molecule has 1 aromatic rings. The molecular weight excluding hydrogens is 347 g/mol. The fourth-order valence-electron chi connectivity index (χ4n) is 2.36. The second-order valence-corrected chi connectivity index (χ2v) is 5.12. The standard InChI is InChI=1S/C14H14F3N3O5/c1-2-25-14(22)19-5-3-18(4-6-19)13(21)8-7-9(20(23)24)11(16)12(17)10(8)15/h7H,2-6H2,1H3. The van der Waals surface area contributed by atoms with Crippen molar-refractivity contribution < 1.29 is 32.4 Å². The van der Waals surface area contributed by atoms with Gasteiger partial charge in [0, 0.05) is 32.2 Å². The van der Waals surface area contributed by atoms with Gasteiger partial charge in [-0.15, -0.1) is 0 Å². The Morgan fingerprint density at radius 2 is 1.68 bits per heavy atom. The third-order valence-electron chi connectivity index (χ3n) is 3.65. The Morgan fingerprint density at radius 1 is 1.12 bits per heavy atom. The van der Waals surface area contributed by atoms with Crippen molar-refractivity contribution in [2.24, 2.45) is 0 Å². The predicted octanol–water partition coefficient (Wildman–Crippen LogP) is 1.93. The molecule has 0 unspecified atom stereocenters. The summed E-state index contributed by atoms with van der Waals surface area (Å²) < 4.78 is 45.5. The SMILES string of the molecule is CCOC(=O)N1CCN(C(=O)c2cc([N+](=O)[O-])c(F)c(F)c2F)CC1. The van der Waals surface area contributed by atoms with Crippen LogP contribution in [0.15, 0.2) is 6.07 Å². The van der Waals surface area contributed by atoms with Crippen molar-refractivity contribution in [3.8, 4) is 0 Å². The van der Waals surface area contributed by atoms with Gasteiger partial charge in [0.15, 0.2) is 5.82 Å². The van der Waals surface area contributed by atoms with Gasteiger partial charge >= 0.3 is 11.8 Å². The second kappa shape index (κ2) is 7.36. The molecule has 1 fully saturated rings. The lowest BCUT2D eigenvalue weighted by molar-refractivity contribution is -0.387. The minimum Gasteiger partial charge on any atom is -0.450 e. The minimum absolute atomic E-state index is 0.0100. The Balaban J connectivity index is 2.20. The maximum Gasteiger partial charge on any atom is 0.409 e. The van der Waals surface area contributed by atoms with Crippen molar-refractivity contribution in [1.29, 1.82) is 0 Å². The monoisotopic (exact) mass is 361 g/mol. The van der Waals surface area contributed by atoms with Crippen LogP contribution in [0.2, 0.25) is 0 Å². The zero-order chi connectivity index (χ0) is 18.7. The number of hydrogen-bond acceptors (Lipinski definition) is 5. The molecule has 0 aliphatic carbocycles. The third-order valence-corrected chi connectivity index (χ3v) is 3.65. The smallest absolute Gasteiger partial charge is 0.409 e. The lowest BCUT2D eigenvalue weighted by Gasteiger charge is -2.34. The molecule has 136 valence electrons. The summed E-state index contributed by atoms with van der Waals surface area (Å²) in [6.07, 6.45) is -0.566. The first-order chi connectivity index (χ1) is 11.8. The van der Waals surface area contributed by atoms with E-state index in [0.29, 0.717) is 6.07 Å². The zero-order valence-electron chi connectivity index (χ0n) is 13.1. The zero-order valence-corrected chi connectivity index (χ0v) is 13.1. The molecule has 0 bridgehead atoms. The van der Waals surface area contributed by atoms with E-state index in [0.717, 1.165) is 4.90 Å². The highest BCUT2D eigenvalue weighted by molar-refractivity contribution is 5.95. The average molecular weight is 361 g/mol. The number of nitro benzene ring substituents is 1. The number of carbonyl (C=O) groups is 2. The summed E-state index contributed by atoms with van der Waals surface area (Å²) >= 11 is 0. The molecule has 25 heavy (non-hydrogen) atoms. The third kappa shape index (κ3) is 3.64. The first kappa shape index (κ1) is 18.5. The summed E-state index contributed by atoms with van der Waals surface area (Å²) in [7, 11) is 0. The number of hydrogen-bond donors (Lipinski definition) is 0. The normalized spacial score (nSPS) is 14.4. The van der Waals surface area contributed by atoms with Crippen LogP contribution in [-0.4, -0.2) is 59.5 Å². The molecule has 0 atom stereocenters. The predicted molar refractivity (Wildman–Crippen MR) is 77.5 cm³/mol. The van der Waals surface area contributed by atoms with Crippen LogP contribution >= 0.6 is 0 Å². The summed E-state index contributed by atoms with van der Waals surface area (Å²) in [5.74, 6) is -6.86. The first-order valence-electron chi connectivity index (χ1n) is 7.30. The average Bonchev–Trinajstić information content (AvgIpc) is 2.59. The molecule has 1 saturated heterocycles. The molecule has 1 aliphatic rings. The van der Waals surface area contributed by atoms with Gasteiger partial charge in [-0.2, -0.15) is 4.39 Å². The topological polar surface area (TPSA) is 93.0 Å².